The molecule has 0 saturated heterocycles. The molecule has 0 radical (unpaired) electrons. The van der Waals surface area contributed by atoms with E-state index in [1.165, 1.54) is 86.6 Å². The molecule has 57 heavy (non-hydrogen) atoms. The summed E-state index contributed by atoms with van der Waals surface area (Å²) in [5, 5.41) is 5.17. The van der Waals surface area contributed by atoms with Crippen LogP contribution in [0.25, 0.3) is 75.5 Å². The van der Waals surface area contributed by atoms with E-state index in [-0.39, 0.29) is 5.41 Å². The van der Waals surface area contributed by atoms with Crippen molar-refractivity contribution >= 4 is 59.3 Å². The van der Waals surface area contributed by atoms with Gasteiger partial charge in [0.1, 0.15) is 0 Å². The molecule has 0 unspecified atom stereocenters. The summed E-state index contributed by atoms with van der Waals surface area (Å²) >= 11 is 1.86. The summed E-state index contributed by atoms with van der Waals surface area (Å²) in [5.41, 5.74) is 16.1. The molecule has 1 aliphatic carbocycles. The Hall–Kier alpha value is -6.74. The van der Waals surface area contributed by atoms with E-state index in [1.807, 2.05) is 11.3 Å². The topological polar surface area (TPSA) is 3.24 Å². The summed E-state index contributed by atoms with van der Waals surface area (Å²) in [7, 11) is 0. The van der Waals surface area contributed by atoms with Gasteiger partial charge in [0.05, 0.1) is 5.69 Å². The Balaban J connectivity index is 1.13. The molecule has 0 saturated carbocycles. The largest absolute Gasteiger partial charge is 0.310 e. The summed E-state index contributed by atoms with van der Waals surface area (Å²) in [5.74, 6) is 0. The third kappa shape index (κ3) is 5.36. The molecule has 0 bridgehead atoms. The van der Waals surface area contributed by atoms with Gasteiger partial charge in [0.25, 0.3) is 0 Å². The van der Waals surface area contributed by atoms with Gasteiger partial charge in [-0.2, -0.15) is 0 Å². The molecule has 9 aromatic carbocycles. The Morgan fingerprint density at radius 3 is 1.82 bits per heavy atom. The smallest absolute Gasteiger partial charge is 0.0540 e. The fourth-order valence-electron chi connectivity index (χ4n) is 9.35. The summed E-state index contributed by atoms with van der Waals surface area (Å²) in [6.07, 6.45) is 0. The monoisotopic (exact) mass is 745 g/mol. The van der Waals surface area contributed by atoms with Gasteiger partial charge in [-0.05, 0) is 103 Å². The second kappa shape index (κ2) is 13.2. The van der Waals surface area contributed by atoms with Crippen molar-refractivity contribution in [3.63, 3.8) is 0 Å². The van der Waals surface area contributed by atoms with E-state index >= 15 is 0 Å². The van der Waals surface area contributed by atoms with Gasteiger partial charge >= 0.3 is 0 Å². The van der Waals surface area contributed by atoms with Gasteiger partial charge < -0.3 is 4.90 Å². The predicted molar refractivity (Wildman–Crippen MR) is 245 cm³/mol. The fourth-order valence-corrected chi connectivity index (χ4v) is 10.5. The van der Waals surface area contributed by atoms with Crippen LogP contribution in [-0.2, 0) is 5.41 Å². The van der Waals surface area contributed by atoms with Crippen molar-refractivity contribution in [1.29, 1.82) is 0 Å². The zero-order valence-corrected chi connectivity index (χ0v) is 32.7. The zero-order valence-electron chi connectivity index (χ0n) is 31.9. The van der Waals surface area contributed by atoms with Crippen LogP contribution in [0.15, 0.2) is 200 Å². The molecule has 10 aromatic rings. The van der Waals surface area contributed by atoms with Crippen molar-refractivity contribution < 1.29 is 0 Å². The molecule has 0 N–H and O–H groups in total. The van der Waals surface area contributed by atoms with Gasteiger partial charge in [-0.3, -0.25) is 0 Å². The third-order valence-electron chi connectivity index (χ3n) is 12.1. The highest BCUT2D eigenvalue weighted by atomic mass is 32.1. The Labute approximate surface area is 337 Å². The molecular formula is C55H39NS. The summed E-state index contributed by atoms with van der Waals surface area (Å²) in [6, 6.07) is 73.8. The van der Waals surface area contributed by atoms with Gasteiger partial charge in [-0.1, -0.05) is 172 Å². The lowest BCUT2D eigenvalue weighted by atomic mass is 9.80. The average Bonchev–Trinajstić information content (AvgIpc) is 3.75. The average molecular weight is 746 g/mol. The van der Waals surface area contributed by atoms with Crippen LogP contribution in [0.3, 0.4) is 0 Å². The Bertz CT molecular complexity index is 3150. The Kier molecular flexibility index (Phi) is 7.77. The van der Waals surface area contributed by atoms with E-state index in [0.29, 0.717) is 0 Å². The molecule has 11 rings (SSSR count). The second-order valence-corrected chi connectivity index (χ2v) is 16.7. The van der Waals surface area contributed by atoms with Crippen LogP contribution in [0.2, 0.25) is 0 Å². The molecule has 0 spiro atoms. The molecule has 1 aliphatic rings. The molecule has 1 aromatic heterocycles. The maximum Gasteiger partial charge on any atom is 0.0540 e. The van der Waals surface area contributed by atoms with E-state index in [9.17, 15) is 0 Å². The minimum absolute atomic E-state index is 0.0908. The number of benzene rings is 9. The maximum atomic E-state index is 2.46. The molecule has 0 aliphatic heterocycles. The van der Waals surface area contributed by atoms with E-state index < -0.39 is 0 Å². The van der Waals surface area contributed by atoms with Crippen LogP contribution in [0.5, 0.6) is 0 Å². The number of fused-ring (bicyclic) bond motifs is 7. The van der Waals surface area contributed by atoms with Crippen molar-refractivity contribution in [3.8, 4) is 44.5 Å². The van der Waals surface area contributed by atoms with E-state index in [0.717, 1.165) is 17.1 Å². The van der Waals surface area contributed by atoms with Crippen molar-refractivity contribution in [2.24, 2.45) is 0 Å². The highest BCUT2D eigenvalue weighted by Gasteiger charge is 2.37. The zero-order chi connectivity index (χ0) is 38.1. The Morgan fingerprint density at radius 2 is 1.00 bits per heavy atom. The van der Waals surface area contributed by atoms with Crippen molar-refractivity contribution in [3.05, 3.63) is 211 Å². The second-order valence-electron chi connectivity index (χ2n) is 15.7. The van der Waals surface area contributed by atoms with Gasteiger partial charge in [0, 0.05) is 42.5 Å². The first kappa shape index (κ1) is 33.6. The van der Waals surface area contributed by atoms with Gasteiger partial charge in [0.15, 0.2) is 0 Å². The number of thiophene rings is 1. The number of nitrogens with zero attached hydrogens (tertiary/aromatic N) is 1. The summed E-state index contributed by atoms with van der Waals surface area (Å²) < 4.78 is 2.59. The molecule has 1 heterocycles. The molecule has 270 valence electrons. The van der Waals surface area contributed by atoms with Crippen LogP contribution >= 0.6 is 11.3 Å². The minimum Gasteiger partial charge on any atom is -0.310 e. The minimum atomic E-state index is -0.0908. The molecule has 0 atom stereocenters. The fraction of sp³-hybridized carbons (Fsp3) is 0.0545. The standard InChI is InChI=1S/C55H39NS/c1-55(2)48-25-13-10-24-47(48)54-49(55)34-38-18-6-7-20-42(38)53(54)37-28-30-39(31-29-37)56(40-32-33-46-45-23-12-15-27-51(45)57-52(46)35-40)50-26-14-11-22-44(50)43-21-9-8-19-41(43)36-16-4-3-5-17-36/h3-35H,1-2H3. The number of para-hydroxylation sites is 1. The predicted octanol–water partition coefficient (Wildman–Crippen LogP) is 16.0. The van der Waals surface area contributed by atoms with Crippen molar-refractivity contribution in [2.45, 2.75) is 19.3 Å². The summed E-state index contributed by atoms with van der Waals surface area (Å²) in [6.45, 7) is 4.75. The highest BCUT2D eigenvalue weighted by molar-refractivity contribution is 7.25. The lowest BCUT2D eigenvalue weighted by Crippen LogP contribution is -2.15. The number of rotatable bonds is 6. The first-order valence-corrected chi connectivity index (χ1v) is 20.6. The maximum absolute atomic E-state index is 2.46. The lowest BCUT2D eigenvalue weighted by Gasteiger charge is -2.29. The van der Waals surface area contributed by atoms with Crippen LogP contribution < -0.4 is 4.90 Å². The first-order chi connectivity index (χ1) is 28.0. The number of hydrogen-bond donors (Lipinski definition) is 0. The third-order valence-corrected chi connectivity index (χ3v) is 13.2. The molecule has 0 fully saturated rings. The van der Waals surface area contributed by atoms with Gasteiger partial charge in [-0.25, -0.2) is 0 Å². The first-order valence-electron chi connectivity index (χ1n) is 19.8. The van der Waals surface area contributed by atoms with Crippen LogP contribution in [0, 0.1) is 0 Å². The SMILES string of the molecule is CC1(C)c2ccccc2-c2c1cc1ccccc1c2-c1ccc(N(c2ccc3c(c2)sc2ccccc23)c2ccccc2-c2ccccc2-c2ccccc2)cc1. The molecular weight excluding hydrogens is 707 g/mol. The molecule has 1 nitrogen and oxygen atoms in total. The highest BCUT2D eigenvalue weighted by Crippen LogP contribution is 2.54. The molecule has 2 heteroatoms. The normalized spacial score (nSPS) is 12.9. The lowest BCUT2D eigenvalue weighted by molar-refractivity contribution is 0.661. The Morgan fingerprint density at radius 1 is 0.386 bits per heavy atom. The van der Waals surface area contributed by atoms with Crippen molar-refractivity contribution in [1.82, 2.24) is 0 Å². The van der Waals surface area contributed by atoms with Crippen LogP contribution in [0.1, 0.15) is 25.0 Å². The van der Waals surface area contributed by atoms with E-state index in [2.05, 4.69) is 219 Å². The molecule has 0 amide bonds. The number of anilines is 3. The van der Waals surface area contributed by atoms with Crippen LogP contribution in [0.4, 0.5) is 17.1 Å². The quantitative estimate of drug-likeness (QED) is 0.164. The summed E-state index contributed by atoms with van der Waals surface area (Å²) in [4.78, 5) is 2.46. The number of hydrogen-bond acceptors (Lipinski definition) is 2. The van der Waals surface area contributed by atoms with Crippen molar-refractivity contribution in [2.75, 3.05) is 4.90 Å². The van der Waals surface area contributed by atoms with Gasteiger partial charge in [-0.15, -0.1) is 11.3 Å². The van der Waals surface area contributed by atoms with Crippen LogP contribution in [-0.4, -0.2) is 0 Å². The van der Waals surface area contributed by atoms with E-state index in [4.69, 9.17) is 0 Å². The van der Waals surface area contributed by atoms with E-state index in [1.54, 1.807) is 0 Å². The van der Waals surface area contributed by atoms with Gasteiger partial charge in [0.2, 0.25) is 0 Å².